The molecule has 1 aromatic heterocycles. The molecule has 3 aromatic rings. The molecule has 6 heteroatoms. The normalized spacial score (nSPS) is 10.7. The number of carboxylic acids is 1. The molecule has 0 unspecified atom stereocenters. The van der Waals surface area contributed by atoms with Gasteiger partial charge in [-0.25, -0.2) is 14.2 Å². The molecule has 134 valence electrons. The van der Waals surface area contributed by atoms with Crippen molar-refractivity contribution in [2.24, 2.45) is 0 Å². The summed E-state index contributed by atoms with van der Waals surface area (Å²) in [6.45, 7) is 4.56. The Morgan fingerprint density at radius 2 is 1.65 bits per heavy atom. The molecule has 0 saturated heterocycles. The molecule has 26 heavy (non-hydrogen) atoms. The van der Waals surface area contributed by atoms with E-state index in [0.717, 1.165) is 0 Å². The van der Waals surface area contributed by atoms with Gasteiger partial charge >= 0.3 is 5.97 Å². The minimum atomic E-state index is -1.08. The summed E-state index contributed by atoms with van der Waals surface area (Å²) in [5.41, 5.74) is 1.64. The molecule has 0 aliphatic rings. The second-order valence-electron chi connectivity index (χ2n) is 5.55. The molecule has 0 spiro atoms. The maximum atomic E-state index is 13.2. The summed E-state index contributed by atoms with van der Waals surface area (Å²) in [6.07, 6.45) is 0. The molecule has 0 bridgehead atoms. The number of hydrogen-bond acceptors (Lipinski definition) is 4. The van der Waals surface area contributed by atoms with Gasteiger partial charge in [-0.2, -0.15) is 0 Å². The van der Waals surface area contributed by atoms with Gasteiger partial charge in [0, 0.05) is 17.0 Å². The highest BCUT2D eigenvalue weighted by Gasteiger charge is 2.17. The summed E-state index contributed by atoms with van der Waals surface area (Å²) in [4.78, 5) is 16.3. The summed E-state index contributed by atoms with van der Waals surface area (Å²) in [5.74, 6) is -0.469. The van der Waals surface area contributed by atoms with Crippen LogP contribution in [0.2, 0.25) is 0 Å². The second kappa shape index (κ2) is 7.39. The van der Waals surface area contributed by atoms with Crippen molar-refractivity contribution >= 4 is 16.9 Å². The molecule has 0 aliphatic carbocycles. The first-order valence-corrected chi connectivity index (χ1v) is 8.27. The van der Waals surface area contributed by atoms with Crippen LogP contribution in [0, 0.1) is 5.82 Å². The number of aromatic carboxylic acids is 1. The lowest BCUT2D eigenvalue weighted by Gasteiger charge is -2.14. The number of halogens is 1. The fraction of sp³-hybridized carbons (Fsp3) is 0.200. The number of fused-ring (bicyclic) bond motifs is 1. The van der Waals surface area contributed by atoms with Gasteiger partial charge in [-0.1, -0.05) is 0 Å². The van der Waals surface area contributed by atoms with Crippen LogP contribution in [0.3, 0.4) is 0 Å². The summed E-state index contributed by atoms with van der Waals surface area (Å²) in [5, 5.41) is 10.1. The van der Waals surface area contributed by atoms with E-state index in [1.54, 1.807) is 24.3 Å². The zero-order valence-electron chi connectivity index (χ0n) is 14.5. The molecule has 1 N–H and O–H groups in total. The van der Waals surface area contributed by atoms with Crippen molar-refractivity contribution in [3.8, 4) is 22.8 Å². The Bertz CT molecular complexity index is 954. The highest BCUT2D eigenvalue weighted by molar-refractivity contribution is 6.04. The Balaban J connectivity index is 2.25. The summed E-state index contributed by atoms with van der Waals surface area (Å²) < 4.78 is 24.3. The Morgan fingerprint density at radius 1 is 1.04 bits per heavy atom. The Morgan fingerprint density at radius 3 is 2.23 bits per heavy atom. The van der Waals surface area contributed by atoms with Gasteiger partial charge in [0.2, 0.25) is 0 Å². The topological polar surface area (TPSA) is 68.7 Å². The van der Waals surface area contributed by atoms with Crippen LogP contribution in [0.15, 0.2) is 42.5 Å². The fourth-order valence-electron chi connectivity index (χ4n) is 2.72. The first-order valence-electron chi connectivity index (χ1n) is 8.27. The molecule has 3 rings (SSSR count). The zero-order chi connectivity index (χ0) is 18.7. The number of aromatic nitrogens is 1. The van der Waals surface area contributed by atoms with Crippen molar-refractivity contribution in [3.05, 3.63) is 53.8 Å². The van der Waals surface area contributed by atoms with Crippen LogP contribution in [0.25, 0.3) is 22.2 Å². The van der Waals surface area contributed by atoms with Crippen LogP contribution in [-0.2, 0) is 0 Å². The summed E-state index contributed by atoms with van der Waals surface area (Å²) >= 11 is 0. The van der Waals surface area contributed by atoms with Crippen molar-refractivity contribution in [2.75, 3.05) is 13.2 Å². The lowest BCUT2D eigenvalue weighted by molar-refractivity contribution is 0.0699. The molecule has 5 nitrogen and oxygen atoms in total. The molecule has 1 heterocycles. The second-order valence-corrected chi connectivity index (χ2v) is 5.55. The van der Waals surface area contributed by atoms with Crippen LogP contribution in [0.5, 0.6) is 11.5 Å². The number of pyridine rings is 1. The molecule has 0 atom stereocenters. The van der Waals surface area contributed by atoms with Gasteiger partial charge in [-0.3, -0.25) is 0 Å². The van der Waals surface area contributed by atoms with Gasteiger partial charge < -0.3 is 14.6 Å². The first-order chi connectivity index (χ1) is 12.5. The quantitative estimate of drug-likeness (QED) is 0.703. The molecule has 2 aromatic carbocycles. The van der Waals surface area contributed by atoms with E-state index in [1.807, 2.05) is 13.8 Å². The highest BCUT2D eigenvalue weighted by Crippen LogP contribution is 2.35. The van der Waals surface area contributed by atoms with Gasteiger partial charge in [0.1, 0.15) is 5.82 Å². The molecule has 0 aliphatic heterocycles. The molecule has 0 saturated carbocycles. The van der Waals surface area contributed by atoms with E-state index in [9.17, 15) is 14.3 Å². The van der Waals surface area contributed by atoms with E-state index >= 15 is 0 Å². The van der Waals surface area contributed by atoms with Crippen molar-refractivity contribution in [1.82, 2.24) is 4.98 Å². The molecular formula is C20H18FNO4. The van der Waals surface area contributed by atoms with Crippen molar-refractivity contribution < 1.29 is 23.8 Å². The number of ether oxygens (including phenoxy) is 2. The summed E-state index contributed by atoms with van der Waals surface area (Å²) in [7, 11) is 0. The van der Waals surface area contributed by atoms with E-state index in [0.29, 0.717) is 46.9 Å². The van der Waals surface area contributed by atoms with Crippen LogP contribution in [0.4, 0.5) is 4.39 Å². The Hall–Kier alpha value is -3.15. The average Bonchev–Trinajstić information content (AvgIpc) is 2.62. The molecular weight excluding hydrogens is 337 g/mol. The molecule has 0 radical (unpaired) electrons. The third-order valence-electron chi connectivity index (χ3n) is 3.84. The lowest BCUT2D eigenvalue weighted by atomic mass is 10.0. The first kappa shape index (κ1) is 17.7. The zero-order valence-corrected chi connectivity index (χ0v) is 14.5. The van der Waals surface area contributed by atoms with E-state index in [1.165, 1.54) is 18.2 Å². The smallest absolute Gasteiger partial charge is 0.336 e. The lowest BCUT2D eigenvalue weighted by Crippen LogP contribution is -2.03. The van der Waals surface area contributed by atoms with Gasteiger partial charge in [-0.15, -0.1) is 0 Å². The molecule has 0 amide bonds. The predicted octanol–water partition coefficient (Wildman–Crippen LogP) is 4.54. The van der Waals surface area contributed by atoms with Crippen LogP contribution >= 0.6 is 0 Å². The monoisotopic (exact) mass is 355 g/mol. The average molecular weight is 355 g/mol. The third kappa shape index (κ3) is 3.44. The van der Waals surface area contributed by atoms with Crippen LogP contribution < -0.4 is 9.47 Å². The van der Waals surface area contributed by atoms with Gasteiger partial charge in [-0.05, 0) is 50.2 Å². The number of nitrogens with zero attached hydrogens (tertiary/aromatic N) is 1. The number of hydrogen-bond donors (Lipinski definition) is 1. The standard InChI is InChI=1S/C20H18FNO4/c1-3-25-18-10-14-15(20(23)24)9-16(12-5-7-13(21)8-6-12)22-17(14)11-19(18)26-4-2/h5-11H,3-4H2,1-2H3,(H,23,24). The van der Waals surface area contributed by atoms with Crippen LogP contribution in [0.1, 0.15) is 24.2 Å². The van der Waals surface area contributed by atoms with Crippen molar-refractivity contribution in [2.45, 2.75) is 13.8 Å². The number of carbonyl (C=O) groups is 1. The maximum absolute atomic E-state index is 13.2. The minimum Gasteiger partial charge on any atom is -0.490 e. The predicted molar refractivity (Wildman–Crippen MR) is 96.4 cm³/mol. The minimum absolute atomic E-state index is 0.0957. The maximum Gasteiger partial charge on any atom is 0.336 e. The van der Waals surface area contributed by atoms with Gasteiger partial charge in [0.15, 0.2) is 11.5 Å². The number of benzene rings is 2. The largest absolute Gasteiger partial charge is 0.490 e. The Labute approximate surface area is 150 Å². The highest BCUT2D eigenvalue weighted by atomic mass is 19.1. The number of carboxylic acid groups (broad SMARTS) is 1. The molecule has 0 fully saturated rings. The van der Waals surface area contributed by atoms with E-state index < -0.39 is 5.97 Å². The fourth-order valence-corrected chi connectivity index (χ4v) is 2.72. The van der Waals surface area contributed by atoms with Crippen LogP contribution in [-0.4, -0.2) is 29.3 Å². The Kier molecular flexibility index (Phi) is 5.02. The van der Waals surface area contributed by atoms with Crippen molar-refractivity contribution in [1.29, 1.82) is 0 Å². The third-order valence-corrected chi connectivity index (χ3v) is 3.84. The van der Waals surface area contributed by atoms with E-state index in [4.69, 9.17) is 9.47 Å². The van der Waals surface area contributed by atoms with Gasteiger partial charge in [0.25, 0.3) is 0 Å². The van der Waals surface area contributed by atoms with E-state index in [2.05, 4.69) is 4.98 Å². The number of rotatable bonds is 6. The van der Waals surface area contributed by atoms with Gasteiger partial charge in [0.05, 0.1) is 30.0 Å². The van der Waals surface area contributed by atoms with E-state index in [-0.39, 0.29) is 11.4 Å². The summed E-state index contributed by atoms with van der Waals surface area (Å²) in [6, 6.07) is 10.5. The van der Waals surface area contributed by atoms with Crippen molar-refractivity contribution in [3.63, 3.8) is 0 Å². The SMILES string of the molecule is CCOc1cc2nc(-c3ccc(F)cc3)cc(C(=O)O)c2cc1OCC.